The minimum absolute atomic E-state index is 0.883. The summed E-state index contributed by atoms with van der Waals surface area (Å²) in [4.78, 5) is 15.3. The fourth-order valence-electron chi connectivity index (χ4n) is 2.25. The molecule has 19 heavy (non-hydrogen) atoms. The molecular formula is C15H20N2O2. The van der Waals surface area contributed by atoms with E-state index in [-0.39, 0.29) is 0 Å². The third-order valence-electron chi connectivity index (χ3n) is 3.45. The van der Waals surface area contributed by atoms with Gasteiger partial charge in [-0.2, -0.15) is 0 Å². The molecule has 0 bridgehead atoms. The first-order valence-corrected chi connectivity index (χ1v) is 6.55. The van der Waals surface area contributed by atoms with Gasteiger partial charge in [-0.25, -0.2) is 4.79 Å². The van der Waals surface area contributed by atoms with Gasteiger partial charge >= 0.3 is 5.97 Å². The highest BCUT2D eigenvalue weighted by Gasteiger charge is 2.14. The largest absolute Gasteiger partial charge is 0.478 e. The number of hydrogen-bond acceptors (Lipinski definition) is 3. The topological polar surface area (TPSA) is 43.8 Å². The molecule has 1 heterocycles. The zero-order valence-electron chi connectivity index (χ0n) is 11.2. The van der Waals surface area contributed by atoms with Gasteiger partial charge in [-0.3, -0.25) is 4.90 Å². The van der Waals surface area contributed by atoms with E-state index in [1.165, 1.54) is 11.6 Å². The van der Waals surface area contributed by atoms with Crippen LogP contribution in [0.25, 0.3) is 6.08 Å². The van der Waals surface area contributed by atoms with Gasteiger partial charge in [-0.1, -0.05) is 24.3 Å². The Balaban J connectivity index is 2.05. The smallest absolute Gasteiger partial charge is 0.328 e. The summed E-state index contributed by atoms with van der Waals surface area (Å²) < 4.78 is 0. The van der Waals surface area contributed by atoms with Crippen molar-refractivity contribution in [1.82, 2.24) is 9.80 Å². The number of carboxylic acids is 1. The van der Waals surface area contributed by atoms with Crippen molar-refractivity contribution >= 4 is 12.0 Å². The molecule has 0 radical (unpaired) electrons. The Kier molecular flexibility index (Phi) is 4.71. The molecule has 1 aromatic carbocycles. The fraction of sp³-hybridized carbons (Fsp3) is 0.400. The van der Waals surface area contributed by atoms with E-state index in [1.54, 1.807) is 6.08 Å². The van der Waals surface area contributed by atoms with E-state index in [0.29, 0.717) is 0 Å². The van der Waals surface area contributed by atoms with Gasteiger partial charge in [0.2, 0.25) is 0 Å². The molecule has 0 aliphatic carbocycles. The molecule has 1 aliphatic rings. The Morgan fingerprint density at radius 1 is 1.26 bits per heavy atom. The van der Waals surface area contributed by atoms with E-state index in [9.17, 15) is 4.79 Å². The lowest BCUT2D eigenvalue weighted by atomic mass is 10.1. The lowest BCUT2D eigenvalue weighted by Crippen LogP contribution is -2.43. The molecule has 1 N–H and O–H groups in total. The van der Waals surface area contributed by atoms with Crippen molar-refractivity contribution < 1.29 is 9.90 Å². The van der Waals surface area contributed by atoms with Gasteiger partial charge in [0.1, 0.15) is 0 Å². The number of hydrogen-bond donors (Lipinski definition) is 1. The maximum atomic E-state index is 10.6. The van der Waals surface area contributed by atoms with Gasteiger partial charge in [-0.05, 0) is 24.3 Å². The highest BCUT2D eigenvalue weighted by Crippen LogP contribution is 2.14. The summed E-state index contributed by atoms with van der Waals surface area (Å²) in [6.45, 7) is 5.19. The normalized spacial score (nSPS) is 17.9. The molecule has 102 valence electrons. The number of likely N-dealkylation sites (N-methyl/N-ethyl adjacent to an activating group) is 1. The first-order valence-electron chi connectivity index (χ1n) is 6.55. The van der Waals surface area contributed by atoms with Crippen molar-refractivity contribution in [2.45, 2.75) is 6.54 Å². The summed E-state index contributed by atoms with van der Waals surface area (Å²) in [6.07, 6.45) is 2.87. The van der Waals surface area contributed by atoms with Gasteiger partial charge in [0.15, 0.2) is 0 Å². The van der Waals surface area contributed by atoms with E-state index in [0.717, 1.165) is 38.3 Å². The average molecular weight is 260 g/mol. The van der Waals surface area contributed by atoms with Crippen LogP contribution >= 0.6 is 0 Å². The quantitative estimate of drug-likeness (QED) is 0.834. The van der Waals surface area contributed by atoms with Gasteiger partial charge in [0.25, 0.3) is 0 Å². The van der Waals surface area contributed by atoms with E-state index in [4.69, 9.17) is 5.11 Å². The number of carbonyl (C=O) groups is 1. The number of aliphatic carboxylic acids is 1. The minimum atomic E-state index is -0.908. The van der Waals surface area contributed by atoms with Crippen LogP contribution in [0.3, 0.4) is 0 Å². The Bertz CT molecular complexity index is 463. The van der Waals surface area contributed by atoms with Crippen molar-refractivity contribution in [3.63, 3.8) is 0 Å². The first-order chi connectivity index (χ1) is 9.15. The molecule has 4 heteroatoms. The molecule has 0 aromatic heterocycles. The van der Waals surface area contributed by atoms with Crippen molar-refractivity contribution in [3.8, 4) is 0 Å². The highest BCUT2D eigenvalue weighted by atomic mass is 16.4. The monoisotopic (exact) mass is 260 g/mol. The van der Waals surface area contributed by atoms with Crippen molar-refractivity contribution in [2.75, 3.05) is 33.2 Å². The molecule has 0 unspecified atom stereocenters. The second-order valence-corrected chi connectivity index (χ2v) is 4.95. The van der Waals surface area contributed by atoms with Crippen molar-refractivity contribution in [2.24, 2.45) is 0 Å². The van der Waals surface area contributed by atoms with Gasteiger partial charge in [0, 0.05) is 38.8 Å². The number of carboxylic acid groups (broad SMARTS) is 1. The van der Waals surface area contributed by atoms with Gasteiger partial charge in [0.05, 0.1) is 0 Å². The Labute approximate surface area is 113 Å². The second kappa shape index (κ2) is 6.50. The maximum Gasteiger partial charge on any atom is 0.328 e. The van der Waals surface area contributed by atoms with Gasteiger partial charge in [-0.15, -0.1) is 0 Å². The number of piperazine rings is 1. The Morgan fingerprint density at radius 3 is 2.63 bits per heavy atom. The molecule has 0 atom stereocenters. The van der Waals surface area contributed by atoms with Crippen molar-refractivity contribution in [1.29, 1.82) is 0 Å². The standard InChI is InChI=1S/C15H20N2O2/c1-16-8-10-17(11-9-16)12-14-5-3-2-4-13(14)6-7-15(18)19/h2-7H,8-12H2,1H3,(H,18,19). The Morgan fingerprint density at radius 2 is 1.95 bits per heavy atom. The van der Waals surface area contributed by atoms with Crippen molar-refractivity contribution in [3.05, 3.63) is 41.5 Å². The lowest BCUT2D eigenvalue weighted by Gasteiger charge is -2.32. The zero-order chi connectivity index (χ0) is 13.7. The molecular weight excluding hydrogens is 240 g/mol. The third kappa shape index (κ3) is 4.19. The molecule has 1 fully saturated rings. The van der Waals surface area contributed by atoms with E-state index >= 15 is 0 Å². The maximum absolute atomic E-state index is 10.6. The summed E-state index contributed by atoms with van der Waals surface area (Å²) in [5.74, 6) is -0.908. The molecule has 1 aromatic rings. The predicted octanol–water partition coefficient (Wildman–Crippen LogP) is 1.53. The molecule has 0 amide bonds. The van der Waals surface area contributed by atoms with Crippen LogP contribution in [0.4, 0.5) is 0 Å². The summed E-state index contributed by atoms with van der Waals surface area (Å²) >= 11 is 0. The molecule has 1 aliphatic heterocycles. The van der Waals surface area contributed by atoms with Crippen LogP contribution in [0.2, 0.25) is 0 Å². The Hall–Kier alpha value is -1.65. The van der Waals surface area contributed by atoms with E-state index in [1.807, 2.05) is 18.2 Å². The minimum Gasteiger partial charge on any atom is -0.478 e. The molecule has 2 rings (SSSR count). The highest BCUT2D eigenvalue weighted by molar-refractivity contribution is 5.85. The summed E-state index contributed by atoms with van der Waals surface area (Å²) in [6, 6.07) is 7.98. The summed E-state index contributed by atoms with van der Waals surface area (Å²) in [5, 5.41) is 8.71. The van der Waals surface area contributed by atoms with Crippen LogP contribution in [-0.4, -0.2) is 54.1 Å². The molecule has 4 nitrogen and oxygen atoms in total. The average Bonchev–Trinajstić information content (AvgIpc) is 2.40. The first kappa shape index (κ1) is 13.8. The summed E-state index contributed by atoms with van der Waals surface area (Å²) in [7, 11) is 2.14. The number of nitrogens with zero attached hydrogens (tertiary/aromatic N) is 2. The van der Waals surface area contributed by atoms with Crippen LogP contribution in [-0.2, 0) is 11.3 Å². The molecule has 1 saturated heterocycles. The van der Waals surface area contributed by atoms with Gasteiger partial charge < -0.3 is 10.0 Å². The molecule has 0 spiro atoms. The third-order valence-corrected chi connectivity index (χ3v) is 3.45. The lowest BCUT2D eigenvalue weighted by molar-refractivity contribution is -0.131. The zero-order valence-corrected chi connectivity index (χ0v) is 11.2. The van der Waals surface area contributed by atoms with E-state index in [2.05, 4.69) is 22.9 Å². The van der Waals surface area contributed by atoms with E-state index < -0.39 is 5.97 Å². The van der Waals surface area contributed by atoms with Crippen LogP contribution in [0, 0.1) is 0 Å². The number of rotatable bonds is 4. The summed E-state index contributed by atoms with van der Waals surface area (Å²) in [5.41, 5.74) is 2.17. The van der Waals surface area contributed by atoms with Crippen LogP contribution in [0.1, 0.15) is 11.1 Å². The predicted molar refractivity (Wildman–Crippen MR) is 75.9 cm³/mol. The number of benzene rings is 1. The van der Waals surface area contributed by atoms with Crippen LogP contribution < -0.4 is 0 Å². The second-order valence-electron chi connectivity index (χ2n) is 4.95. The van der Waals surface area contributed by atoms with Crippen LogP contribution in [0.15, 0.2) is 30.3 Å². The fourth-order valence-corrected chi connectivity index (χ4v) is 2.25. The SMILES string of the molecule is CN1CCN(Cc2ccccc2C=CC(=O)O)CC1. The molecule has 0 saturated carbocycles. The van der Waals surface area contributed by atoms with Crippen LogP contribution in [0.5, 0.6) is 0 Å².